The van der Waals surface area contributed by atoms with Crippen molar-refractivity contribution in [3.63, 3.8) is 0 Å². The van der Waals surface area contributed by atoms with E-state index in [9.17, 15) is 4.79 Å². The second-order valence-electron chi connectivity index (χ2n) is 4.33. The Morgan fingerprint density at radius 2 is 1.76 bits per heavy atom. The van der Waals surface area contributed by atoms with Gasteiger partial charge in [0.15, 0.2) is 0 Å². The van der Waals surface area contributed by atoms with Crippen LogP contribution in [0.4, 0.5) is 11.4 Å². The summed E-state index contributed by atoms with van der Waals surface area (Å²) in [6.07, 6.45) is 0.203. The summed E-state index contributed by atoms with van der Waals surface area (Å²) in [6, 6.07) is 11.9. The number of nitrogens with one attached hydrogen (secondary N) is 1. The van der Waals surface area contributed by atoms with Gasteiger partial charge in [0.25, 0.3) is 0 Å². The molecule has 0 aliphatic rings. The third-order valence-electron chi connectivity index (χ3n) is 2.70. The second-order valence-corrected chi connectivity index (χ2v) is 5.21. The van der Waals surface area contributed by atoms with E-state index in [4.69, 9.17) is 33.7 Å². The van der Waals surface area contributed by atoms with Crippen molar-refractivity contribution in [2.75, 3.05) is 17.7 Å². The van der Waals surface area contributed by atoms with Gasteiger partial charge in [0, 0.05) is 10.0 Å². The summed E-state index contributed by atoms with van der Waals surface area (Å²) in [5.74, 6) is 0.465. The number of carbonyl (C=O) groups excluding carboxylic acids is 1. The van der Waals surface area contributed by atoms with Crippen LogP contribution in [0.5, 0.6) is 5.75 Å². The van der Waals surface area contributed by atoms with Crippen LogP contribution in [0.25, 0.3) is 0 Å². The van der Waals surface area contributed by atoms with E-state index >= 15 is 0 Å². The van der Waals surface area contributed by atoms with Crippen molar-refractivity contribution in [2.45, 2.75) is 6.42 Å². The van der Waals surface area contributed by atoms with Gasteiger partial charge in [-0.15, -0.1) is 0 Å². The largest absolute Gasteiger partial charge is 0.493 e. The Morgan fingerprint density at radius 3 is 2.48 bits per heavy atom. The summed E-state index contributed by atoms with van der Waals surface area (Å²) >= 11 is 11.6. The second kappa shape index (κ2) is 7.20. The Bertz CT molecular complexity index is 630. The van der Waals surface area contributed by atoms with Gasteiger partial charge < -0.3 is 15.8 Å². The zero-order chi connectivity index (χ0) is 15.2. The first kappa shape index (κ1) is 15.5. The number of ether oxygens (including phenoxy) is 1. The van der Waals surface area contributed by atoms with E-state index in [1.54, 1.807) is 42.5 Å². The zero-order valence-corrected chi connectivity index (χ0v) is 12.6. The van der Waals surface area contributed by atoms with Crippen LogP contribution in [0, 0.1) is 0 Å². The first-order chi connectivity index (χ1) is 10.0. The number of nitrogen functional groups attached to an aromatic ring is 1. The molecular formula is C15H14Cl2N2O2. The average molecular weight is 325 g/mol. The van der Waals surface area contributed by atoms with E-state index in [1.165, 1.54) is 0 Å². The van der Waals surface area contributed by atoms with Gasteiger partial charge in [0.2, 0.25) is 5.91 Å². The summed E-state index contributed by atoms with van der Waals surface area (Å²) in [5.41, 5.74) is 6.72. The van der Waals surface area contributed by atoms with Crippen molar-refractivity contribution in [2.24, 2.45) is 0 Å². The molecule has 0 saturated heterocycles. The maximum atomic E-state index is 11.8. The molecule has 1 amide bonds. The molecule has 21 heavy (non-hydrogen) atoms. The van der Waals surface area contributed by atoms with E-state index in [1.807, 2.05) is 0 Å². The maximum absolute atomic E-state index is 11.8. The summed E-state index contributed by atoms with van der Waals surface area (Å²) in [6.45, 7) is 0.258. The number of hydrogen-bond acceptors (Lipinski definition) is 3. The Kier molecular flexibility index (Phi) is 5.31. The highest BCUT2D eigenvalue weighted by molar-refractivity contribution is 6.31. The quantitative estimate of drug-likeness (QED) is 0.817. The number of amides is 1. The molecule has 0 heterocycles. The van der Waals surface area contributed by atoms with Gasteiger partial charge in [-0.05, 0) is 42.5 Å². The molecule has 0 aliphatic carbocycles. The van der Waals surface area contributed by atoms with E-state index in [0.29, 0.717) is 27.2 Å². The first-order valence-corrected chi connectivity index (χ1v) is 7.03. The van der Waals surface area contributed by atoms with Crippen molar-refractivity contribution in [3.05, 3.63) is 52.5 Å². The highest BCUT2D eigenvalue weighted by Gasteiger charge is 2.06. The van der Waals surface area contributed by atoms with Crippen LogP contribution in [-0.2, 0) is 4.79 Å². The first-order valence-electron chi connectivity index (χ1n) is 6.28. The molecule has 0 aromatic heterocycles. The lowest BCUT2D eigenvalue weighted by Gasteiger charge is -2.09. The number of carbonyl (C=O) groups is 1. The van der Waals surface area contributed by atoms with Gasteiger partial charge in [0.05, 0.1) is 24.4 Å². The Labute approximate surface area is 132 Å². The number of rotatable bonds is 5. The Morgan fingerprint density at radius 1 is 1.10 bits per heavy atom. The number of nitrogens with two attached hydrogens (primary N) is 1. The average Bonchev–Trinajstić information content (AvgIpc) is 2.45. The normalized spacial score (nSPS) is 10.2. The predicted molar refractivity (Wildman–Crippen MR) is 86.1 cm³/mol. The minimum absolute atomic E-state index is 0.196. The summed E-state index contributed by atoms with van der Waals surface area (Å²) in [7, 11) is 0. The van der Waals surface area contributed by atoms with Crippen molar-refractivity contribution < 1.29 is 9.53 Å². The highest BCUT2D eigenvalue weighted by Crippen LogP contribution is 2.23. The minimum Gasteiger partial charge on any atom is -0.493 e. The van der Waals surface area contributed by atoms with Crippen LogP contribution < -0.4 is 15.8 Å². The van der Waals surface area contributed by atoms with E-state index in [2.05, 4.69) is 5.32 Å². The molecule has 0 radical (unpaired) electrons. The molecule has 2 aromatic rings. The lowest BCUT2D eigenvalue weighted by Crippen LogP contribution is -2.16. The number of anilines is 2. The van der Waals surface area contributed by atoms with Crippen molar-refractivity contribution in [3.8, 4) is 5.75 Å². The van der Waals surface area contributed by atoms with Crippen molar-refractivity contribution >= 4 is 40.5 Å². The summed E-state index contributed by atoms with van der Waals surface area (Å²) in [4.78, 5) is 11.8. The van der Waals surface area contributed by atoms with Crippen LogP contribution in [0.1, 0.15) is 6.42 Å². The smallest absolute Gasteiger partial charge is 0.227 e. The molecule has 2 aromatic carbocycles. The van der Waals surface area contributed by atoms with Crippen LogP contribution in [0.2, 0.25) is 10.0 Å². The minimum atomic E-state index is -0.196. The van der Waals surface area contributed by atoms with Crippen molar-refractivity contribution in [1.29, 1.82) is 0 Å². The number of hydrogen-bond donors (Lipinski definition) is 2. The lowest BCUT2D eigenvalue weighted by atomic mass is 10.2. The SMILES string of the molecule is Nc1ccc(Cl)cc1NC(=O)CCOc1ccc(Cl)cc1. The molecule has 0 aliphatic heterocycles. The van der Waals surface area contributed by atoms with Gasteiger partial charge in [-0.1, -0.05) is 23.2 Å². The van der Waals surface area contributed by atoms with E-state index in [-0.39, 0.29) is 18.9 Å². The molecular weight excluding hydrogens is 311 g/mol. The summed E-state index contributed by atoms with van der Waals surface area (Å²) in [5, 5.41) is 3.84. The number of benzene rings is 2. The fraction of sp³-hybridized carbons (Fsp3) is 0.133. The molecule has 0 spiro atoms. The van der Waals surface area contributed by atoms with Crippen LogP contribution in [0.15, 0.2) is 42.5 Å². The molecule has 0 unspecified atom stereocenters. The zero-order valence-electron chi connectivity index (χ0n) is 11.1. The van der Waals surface area contributed by atoms with E-state index < -0.39 is 0 Å². The topological polar surface area (TPSA) is 64.3 Å². The molecule has 2 rings (SSSR count). The van der Waals surface area contributed by atoms with Gasteiger partial charge in [-0.2, -0.15) is 0 Å². The molecule has 3 N–H and O–H groups in total. The standard InChI is InChI=1S/C15H14Cl2N2O2/c16-10-1-4-12(5-2-10)21-8-7-15(20)19-14-9-11(17)3-6-13(14)18/h1-6,9H,7-8,18H2,(H,19,20). The molecule has 0 fully saturated rings. The van der Waals surface area contributed by atoms with E-state index in [0.717, 1.165) is 0 Å². The predicted octanol–water partition coefficient (Wildman–Crippen LogP) is 3.98. The Balaban J connectivity index is 1.82. The van der Waals surface area contributed by atoms with Gasteiger partial charge in [-0.25, -0.2) is 0 Å². The maximum Gasteiger partial charge on any atom is 0.227 e. The fourth-order valence-corrected chi connectivity index (χ4v) is 1.94. The van der Waals surface area contributed by atoms with Gasteiger partial charge in [0.1, 0.15) is 5.75 Å². The number of halogens is 2. The molecule has 6 heteroatoms. The highest BCUT2D eigenvalue weighted by atomic mass is 35.5. The summed E-state index contributed by atoms with van der Waals surface area (Å²) < 4.78 is 5.45. The van der Waals surface area contributed by atoms with Crippen molar-refractivity contribution in [1.82, 2.24) is 0 Å². The molecule has 0 saturated carbocycles. The van der Waals surface area contributed by atoms with Crippen LogP contribution in [0.3, 0.4) is 0 Å². The molecule has 110 valence electrons. The monoisotopic (exact) mass is 324 g/mol. The third kappa shape index (κ3) is 4.85. The molecule has 4 nitrogen and oxygen atoms in total. The van der Waals surface area contributed by atoms with Crippen LogP contribution in [-0.4, -0.2) is 12.5 Å². The van der Waals surface area contributed by atoms with Gasteiger partial charge in [-0.3, -0.25) is 4.79 Å². The molecule has 0 atom stereocenters. The van der Waals surface area contributed by atoms with Gasteiger partial charge >= 0.3 is 0 Å². The fourth-order valence-electron chi connectivity index (χ4n) is 1.64. The Hall–Kier alpha value is -1.91. The molecule has 0 bridgehead atoms. The van der Waals surface area contributed by atoms with Crippen LogP contribution >= 0.6 is 23.2 Å². The lowest BCUT2D eigenvalue weighted by molar-refractivity contribution is -0.116. The third-order valence-corrected chi connectivity index (χ3v) is 3.19.